The van der Waals surface area contributed by atoms with E-state index >= 15 is 0 Å². The number of nitriles is 1. The van der Waals surface area contributed by atoms with E-state index in [4.69, 9.17) is 5.26 Å². The molecule has 39 heavy (non-hydrogen) atoms. The van der Waals surface area contributed by atoms with Gasteiger partial charge in [-0.05, 0) is 93.1 Å². The predicted octanol–water partition coefficient (Wildman–Crippen LogP) is 5.45. The van der Waals surface area contributed by atoms with E-state index in [-0.39, 0.29) is 29.5 Å². The third kappa shape index (κ3) is 5.78. The van der Waals surface area contributed by atoms with Gasteiger partial charge in [-0.2, -0.15) is 5.26 Å². The fourth-order valence-electron chi connectivity index (χ4n) is 5.37. The average molecular weight is 529 g/mol. The Balaban J connectivity index is 1.78. The highest BCUT2D eigenvalue weighted by atomic mass is 19.1. The molecule has 4 rings (SSSR count). The SMILES string of the molecule is CCN(C(=O)C1CCCC1)c1cc(-c2ccc(C#N)c(F)c2)cc(C(=O)NCc2c(C)cc(C)[nH]c2=O)c1C. The topological polar surface area (TPSA) is 106 Å². The number of H-pyrrole nitrogens is 1. The van der Waals surface area contributed by atoms with Crippen molar-refractivity contribution in [1.82, 2.24) is 10.3 Å². The monoisotopic (exact) mass is 528 g/mol. The van der Waals surface area contributed by atoms with Crippen molar-refractivity contribution in [3.05, 3.63) is 86.1 Å². The summed E-state index contributed by atoms with van der Waals surface area (Å²) in [5, 5.41) is 12.0. The second-order valence-corrected chi connectivity index (χ2v) is 10.2. The van der Waals surface area contributed by atoms with Crippen molar-refractivity contribution in [1.29, 1.82) is 5.26 Å². The summed E-state index contributed by atoms with van der Waals surface area (Å²) in [6.07, 6.45) is 3.71. The number of aromatic nitrogens is 1. The summed E-state index contributed by atoms with van der Waals surface area (Å²) in [5.41, 5.74) is 4.20. The first-order valence-corrected chi connectivity index (χ1v) is 13.3. The largest absolute Gasteiger partial charge is 0.348 e. The third-order valence-electron chi connectivity index (χ3n) is 7.54. The molecule has 2 amide bonds. The van der Waals surface area contributed by atoms with Gasteiger partial charge in [-0.1, -0.05) is 18.9 Å². The molecule has 0 radical (unpaired) electrons. The minimum atomic E-state index is -0.661. The van der Waals surface area contributed by atoms with Gasteiger partial charge in [0.1, 0.15) is 11.9 Å². The Morgan fingerprint density at radius 3 is 2.44 bits per heavy atom. The predicted molar refractivity (Wildman–Crippen MR) is 149 cm³/mol. The molecule has 0 saturated heterocycles. The van der Waals surface area contributed by atoms with Crippen LogP contribution in [-0.2, 0) is 11.3 Å². The van der Waals surface area contributed by atoms with Crippen LogP contribution in [0.5, 0.6) is 0 Å². The van der Waals surface area contributed by atoms with Crippen LogP contribution in [0.3, 0.4) is 0 Å². The molecule has 1 aromatic heterocycles. The van der Waals surface area contributed by atoms with Gasteiger partial charge < -0.3 is 15.2 Å². The molecule has 1 aliphatic carbocycles. The van der Waals surface area contributed by atoms with Crippen LogP contribution in [0.4, 0.5) is 10.1 Å². The van der Waals surface area contributed by atoms with Crippen LogP contribution in [0.1, 0.15) is 70.9 Å². The summed E-state index contributed by atoms with van der Waals surface area (Å²) in [5.74, 6) is -1.11. The molecule has 0 bridgehead atoms. The minimum absolute atomic E-state index is 0.0226. The van der Waals surface area contributed by atoms with Crippen molar-refractivity contribution in [3.8, 4) is 17.2 Å². The lowest BCUT2D eigenvalue weighted by atomic mass is 9.95. The van der Waals surface area contributed by atoms with Gasteiger partial charge >= 0.3 is 0 Å². The van der Waals surface area contributed by atoms with Crippen molar-refractivity contribution < 1.29 is 14.0 Å². The van der Waals surface area contributed by atoms with Crippen LogP contribution < -0.4 is 15.8 Å². The summed E-state index contributed by atoms with van der Waals surface area (Å²) < 4.78 is 14.5. The molecule has 2 N–H and O–H groups in total. The first-order chi connectivity index (χ1) is 18.6. The smallest absolute Gasteiger partial charge is 0.253 e. The molecule has 202 valence electrons. The Morgan fingerprint density at radius 1 is 1.10 bits per heavy atom. The van der Waals surface area contributed by atoms with E-state index in [1.165, 1.54) is 12.1 Å². The molecule has 1 heterocycles. The second kappa shape index (κ2) is 11.6. The Kier molecular flexibility index (Phi) is 8.29. The molecule has 1 aliphatic rings. The number of carbonyl (C=O) groups is 2. The third-order valence-corrected chi connectivity index (χ3v) is 7.54. The van der Waals surface area contributed by atoms with Gasteiger partial charge in [0.25, 0.3) is 11.5 Å². The number of pyridine rings is 1. The molecule has 0 unspecified atom stereocenters. The first kappa shape index (κ1) is 27.8. The lowest BCUT2D eigenvalue weighted by molar-refractivity contribution is -0.122. The van der Waals surface area contributed by atoms with Gasteiger partial charge in [0.15, 0.2) is 0 Å². The molecule has 7 nitrogen and oxygen atoms in total. The molecule has 1 saturated carbocycles. The van der Waals surface area contributed by atoms with Crippen LogP contribution in [0.25, 0.3) is 11.1 Å². The number of nitrogens with one attached hydrogen (secondary N) is 2. The highest BCUT2D eigenvalue weighted by molar-refractivity contribution is 6.02. The van der Waals surface area contributed by atoms with Crippen LogP contribution in [-0.4, -0.2) is 23.3 Å². The lowest BCUT2D eigenvalue weighted by Gasteiger charge is -2.27. The maximum atomic E-state index is 14.5. The number of amides is 2. The van der Waals surface area contributed by atoms with Gasteiger partial charge in [0.05, 0.1) is 5.56 Å². The van der Waals surface area contributed by atoms with E-state index in [0.29, 0.717) is 40.0 Å². The number of hydrogen-bond acceptors (Lipinski definition) is 4. The van der Waals surface area contributed by atoms with Gasteiger partial charge in [0.2, 0.25) is 5.91 Å². The number of hydrogen-bond donors (Lipinski definition) is 2. The van der Waals surface area contributed by atoms with Crippen LogP contribution in [0.15, 0.2) is 41.2 Å². The van der Waals surface area contributed by atoms with Gasteiger partial charge in [0, 0.05) is 41.5 Å². The fourth-order valence-corrected chi connectivity index (χ4v) is 5.37. The molecule has 3 aromatic rings. The Morgan fingerprint density at radius 2 is 1.82 bits per heavy atom. The second-order valence-electron chi connectivity index (χ2n) is 10.2. The van der Waals surface area contributed by atoms with Gasteiger partial charge in [-0.25, -0.2) is 4.39 Å². The van der Waals surface area contributed by atoms with E-state index in [9.17, 15) is 18.8 Å². The van der Waals surface area contributed by atoms with E-state index < -0.39 is 11.7 Å². The zero-order valence-electron chi connectivity index (χ0n) is 22.8. The number of anilines is 1. The number of aryl methyl sites for hydroxylation is 2. The van der Waals surface area contributed by atoms with E-state index in [1.807, 2.05) is 26.0 Å². The van der Waals surface area contributed by atoms with E-state index in [1.54, 1.807) is 36.9 Å². The quantitative estimate of drug-likeness (QED) is 0.425. The van der Waals surface area contributed by atoms with Crippen molar-refractivity contribution in [2.24, 2.45) is 5.92 Å². The normalized spacial score (nSPS) is 13.2. The number of rotatable bonds is 7. The zero-order chi connectivity index (χ0) is 28.3. The molecular formula is C31H33FN4O3. The summed E-state index contributed by atoms with van der Waals surface area (Å²) in [6.45, 7) is 7.75. The summed E-state index contributed by atoms with van der Waals surface area (Å²) >= 11 is 0. The summed E-state index contributed by atoms with van der Waals surface area (Å²) in [4.78, 5) is 44.0. The number of nitrogens with zero attached hydrogens (tertiary/aromatic N) is 2. The number of halogens is 1. The van der Waals surface area contributed by atoms with Crippen molar-refractivity contribution in [2.75, 3.05) is 11.4 Å². The minimum Gasteiger partial charge on any atom is -0.348 e. The maximum absolute atomic E-state index is 14.5. The first-order valence-electron chi connectivity index (χ1n) is 13.3. The standard InChI is InChI=1S/C31H33FN4O3/c1-5-36(31(39)21-8-6-7-9-21)28-15-24(22-10-11-23(16-33)27(32)14-22)13-25(20(28)4)29(37)34-17-26-18(2)12-19(3)35-30(26)38/h10-15,21H,5-9,17H2,1-4H3,(H,34,37)(H,35,38). The summed E-state index contributed by atoms with van der Waals surface area (Å²) in [6, 6.07) is 11.4. The van der Waals surface area contributed by atoms with Crippen LogP contribution in [0, 0.1) is 43.8 Å². The number of benzene rings is 2. The molecule has 0 atom stereocenters. The van der Waals surface area contributed by atoms with Crippen LogP contribution >= 0.6 is 0 Å². The van der Waals surface area contributed by atoms with E-state index in [2.05, 4.69) is 10.3 Å². The molecule has 2 aromatic carbocycles. The Hall–Kier alpha value is -4.25. The molecular weight excluding hydrogens is 495 g/mol. The molecule has 1 fully saturated rings. The van der Waals surface area contributed by atoms with E-state index in [0.717, 1.165) is 36.9 Å². The molecule has 8 heteroatoms. The average Bonchev–Trinajstić information content (AvgIpc) is 3.44. The Bertz CT molecular complexity index is 1530. The van der Waals surface area contributed by atoms with Crippen molar-refractivity contribution >= 4 is 17.5 Å². The van der Waals surface area contributed by atoms with Gasteiger partial charge in [-0.15, -0.1) is 0 Å². The molecule has 0 spiro atoms. The van der Waals surface area contributed by atoms with Crippen molar-refractivity contribution in [3.63, 3.8) is 0 Å². The van der Waals surface area contributed by atoms with Crippen LogP contribution in [0.2, 0.25) is 0 Å². The number of carbonyl (C=O) groups excluding carboxylic acids is 2. The fraction of sp³-hybridized carbons (Fsp3) is 0.355. The van der Waals surface area contributed by atoms with Gasteiger partial charge in [-0.3, -0.25) is 14.4 Å². The highest BCUT2D eigenvalue weighted by Crippen LogP contribution is 2.35. The molecule has 0 aliphatic heterocycles. The summed E-state index contributed by atoms with van der Waals surface area (Å²) in [7, 11) is 0. The lowest BCUT2D eigenvalue weighted by Crippen LogP contribution is -2.36. The Labute approximate surface area is 227 Å². The number of aromatic amines is 1. The highest BCUT2D eigenvalue weighted by Gasteiger charge is 2.29. The maximum Gasteiger partial charge on any atom is 0.253 e. The van der Waals surface area contributed by atoms with Crippen molar-refractivity contribution in [2.45, 2.75) is 59.9 Å². The zero-order valence-corrected chi connectivity index (χ0v) is 22.8.